The summed E-state index contributed by atoms with van der Waals surface area (Å²) in [6.07, 6.45) is 0. The largest absolute Gasteiger partial charge is 0.489 e. The molecule has 0 radical (unpaired) electrons. The highest BCUT2D eigenvalue weighted by Gasteiger charge is 2.02. The molecule has 0 atom stereocenters. The summed E-state index contributed by atoms with van der Waals surface area (Å²) in [5.74, 6) is 0.612. The molecule has 2 N–H and O–H groups in total. The molecule has 2 rings (SSSR count). The molecule has 2 aromatic rings. The van der Waals surface area contributed by atoms with Crippen LogP contribution in [0.5, 0.6) is 5.75 Å². The highest BCUT2D eigenvalue weighted by atomic mass is 35.5. The van der Waals surface area contributed by atoms with Crippen LogP contribution in [-0.2, 0) is 6.61 Å². The number of nitrogens with zero attached hydrogens (tertiary/aromatic N) is 1. The predicted octanol–water partition coefficient (Wildman–Crippen LogP) is 3.37. The van der Waals surface area contributed by atoms with Crippen LogP contribution in [0.15, 0.2) is 42.5 Å². The molecular weight excluding hydrogens is 248 g/mol. The summed E-state index contributed by atoms with van der Waals surface area (Å²) in [5.41, 5.74) is 7.47. The van der Waals surface area contributed by atoms with Crippen molar-refractivity contribution in [3.8, 4) is 11.8 Å². The van der Waals surface area contributed by atoms with Gasteiger partial charge in [0.05, 0.1) is 5.56 Å². The normalized spacial score (nSPS) is 9.78. The summed E-state index contributed by atoms with van der Waals surface area (Å²) in [6, 6.07) is 14.5. The Labute approximate surface area is 110 Å². The second-order valence-electron chi connectivity index (χ2n) is 3.78. The maximum absolute atomic E-state index is 8.86. The van der Waals surface area contributed by atoms with Gasteiger partial charge in [0, 0.05) is 10.7 Å². The molecule has 0 heterocycles. The van der Waals surface area contributed by atoms with Gasteiger partial charge in [-0.25, -0.2) is 0 Å². The van der Waals surface area contributed by atoms with E-state index in [2.05, 4.69) is 0 Å². The van der Waals surface area contributed by atoms with Crippen LogP contribution in [0.2, 0.25) is 5.02 Å². The molecule has 4 heteroatoms. The Balaban J connectivity index is 2.09. The van der Waals surface area contributed by atoms with E-state index in [9.17, 15) is 0 Å². The van der Waals surface area contributed by atoms with E-state index < -0.39 is 0 Å². The van der Waals surface area contributed by atoms with Crippen molar-refractivity contribution in [2.75, 3.05) is 5.73 Å². The molecule has 2 aromatic carbocycles. The second-order valence-corrected chi connectivity index (χ2v) is 4.22. The van der Waals surface area contributed by atoms with E-state index in [1.807, 2.05) is 30.3 Å². The third kappa shape index (κ3) is 2.93. The van der Waals surface area contributed by atoms with Crippen LogP contribution in [0.25, 0.3) is 0 Å². The summed E-state index contributed by atoms with van der Waals surface area (Å²) >= 11 is 5.88. The lowest BCUT2D eigenvalue weighted by atomic mass is 10.2. The lowest BCUT2D eigenvalue weighted by molar-refractivity contribution is 0.306. The van der Waals surface area contributed by atoms with Crippen LogP contribution in [0.4, 0.5) is 5.69 Å². The molecule has 0 unspecified atom stereocenters. The number of hydrogen-bond acceptors (Lipinski definition) is 3. The Morgan fingerprint density at radius 1 is 1.22 bits per heavy atom. The summed E-state index contributed by atoms with van der Waals surface area (Å²) in [4.78, 5) is 0. The molecule has 0 spiro atoms. The first-order valence-corrected chi connectivity index (χ1v) is 5.73. The zero-order valence-electron chi connectivity index (χ0n) is 9.56. The van der Waals surface area contributed by atoms with E-state index in [0.29, 0.717) is 28.6 Å². The van der Waals surface area contributed by atoms with Gasteiger partial charge in [-0.05, 0) is 35.9 Å². The molecule has 0 aliphatic carbocycles. The Morgan fingerprint density at radius 2 is 2.06 bits per heavy atom. The Hall–Kier alpha value is -2.18. The van der Waals surface area contributed by atoms with E-state index in [0.717, 1.165) is 5.56 Å². The fourth-order valence-corrected chi connectivity index (χ4v) is 1.73. The minimum absolute atomic E-state index is 0.398. The monoisotopic (exact) mass is 258 g/mol. The highest BCUT2D eigenvalue weighted by Crippen LogP contribution is 2.20. The van der Waals surface area contributed by atoms with Crippen molar-refractivity contribution in [3.05, 3.63) is 58.6 Å². The predicted molar refractivity (Wildman–Crippen MR) is 71.4 cm³/mol. The van der Waals surface area contributed by atoms with Gasteiger partial charge in [0.25, 0.3) is 0 Å². The van der Waals surface area contributed by atoms with Crippen molar-refractivity contribution in [3.63, 3.8) is 0 Å². The summed E-state index contributed by atoms with van der Waals surface area (Å²) in [7, 11) is 0. The molecule has 0 bridgehead atoms. The van der Waals surface area contributed by atoms with Crippen molar-refractivity contribution in [2.45, 2.75) is 6.61 Å². The van der Waals surface area contributed by atoms with E-state index in [1.54, 1.807) is 18.2 Å². The number of nitrogens with two attached hydrogens (primary N) is 1. The van der Waals surface area contributed by atoms with Crippen molar-refractivity contribution < 1.29 is 4.74 Å². The van der Waals surface area contributed by atoms with Crippen LogP contribution in [0, 0.1) is 11.3 Å². The Morgan fingerprint density at radius 3 is 2.78 bits per heavy atom. The maximum Gasteiger partial charge on any atom is 0.121 e. The number of anilines is 1. The molecule has 0 aromatic heterocycles. The van der Waals surface area contributed by atoms with Crippen molar-refractivity contribution in [1.82, 2.24) is 0 Å². The maximum atomic E-state index is 8.86. The number of hydrogen-bond donors (Lipinski definition) is 1. The fraction of sp³-hybridized carbons (Fsp3) is 0.0714. The molecule has 0 saturated carbocycles. The highest BCUT2D eigenvalue weighted by molar-refractivity contribution is 6.30. The van der Waals surface area contributed by atoms with Gasteiger partial charge in [-0.1, -0.05) is 23.7 Å². The molecule has 0 aliphatic rings. The van der Waals surface area contributed by atoms with Crippen LogP contribution >= 0.6 is 11.6 Å². The third-order valence-electron chi connectivity index (χ3n) is 2.44. The number of ether oxygens (including phenoxy) is 1. The number of benzene rings is 2. The van der Waals surface area contributed by atoms with Gasteiger partial charge in [0.2, 0.25) is 0 Å². The number of rotatable bonds is 3. The summed E-state index contributed by atoms with van der Waals surface area (Å²) < 4.78 is 5.58. The zero-order chi connectivity index (χ0) is 13.0. The average molecular weight is 259 g/mol. The fourth-order valence-electron chi connectivity index (χ4n) is 1.52. The molecule has 0 saturated heterocycles. The molecule has 0 aliphatic heterocycles. The van der Waals surface area contributed by atoms with Crippen LogP contribution < -0.4 is 10.5 Å². The number of nitrogen functional groups attached to an aromatic ring is 1. The summed E-state index contributed by atoms with van der Waals surface area (Å²) in [5, 5.41) is 9.53. The smallest absolute Gasteiger partial charge is 0.121 e. The van der Waals surface area contributed by atoms with E-state index in [1.165, 1.54) is 0 Å². The van der Waals surface area contributed by atoms with Gasteiger partial charge >= 0.3 is 0 Å². The van der Waals surface area contributed by atoms with Gasteiger partial charge in [-0.3, -0.25) is 0 Å². The SMILES string of the molecule is N#Cc1cc(OCc2cccc(Cl)c2)ccc1N. The van der Waals surface area contributed by atoms with Gasteiger partial charge in [-0.15, -0.1) is 0 Å². The Kier molecular flexibility index (Phi) is 3.71. The Bertz CT molecular complexity index is 605. The molecule has 18 heavy (non-hydrogen) atoms. The number of nitriles is 1. The lowest BCUT2D eigenvalue weighted by Crippen LogP contribution is -1.97. The van der Waals surface area contributed by atoms with Gasteiger partial charge < -0.3 is 10.5 Å². The first-order valence-electron chi connectivity index (χ1n) is 5.36. The minimum Gasteiger partial charge on any atom is -0.489 e. The van der Waals surface area contributed by atoms with Crippen LogP contribution in [0.3, 0.4) is 0 Å². The van der Waals surface area contributed by atoms with Crippen LogP contribution in [0.1, 0.15) is 11.1 Å². The van der Waals surface area contributed by atoms with Gasteiger partial charge in [0.1, 0.15) is 18.4 Å². The van der Waals surface area contributed by atoms with Crippen molar-refractivity contribution in [2.24, 2.45) is 0 Å². The molecule has 90 valence electrons. The third-order valence-corrected chi connectivity index (χ3v) is 2.67. The van der Waals surface area contributed by atoms with Gasteiger partial charge in [-0.2, -0.15) is 5.26 Å². The van der Waals surface area contributed by atoms with Crippen molar-refractivity contribution in [1.29, 1.82) is 5.26 Å². The van der Waals surface area contributed by atoms with E-state index in [4.69, 9.17) is 27.3 Å². The van der Waals surface area contributed by atoms with Crippen molar-refractivity contribution >= 4 is 17.3 Å². The van der Waals surface area contributed by atoms with E-state index in [-0.39, 0.29) is 0 Å². The zero-order valence-corrected chi connectivity index (χ0v) is 10.3. The summed E-state index contributed by atoms with van der Waals surface area (Å²) in [6.45, 7) is 0.398. The standard InChI is InChI=1S/C14H11ClN2O/c15-12-3-1-2-10(6-12)9-18-13-4-5-14(17)11(7-13)8-16/h1-7H,9,17H2. The van der Waals surface area contributed by atoms with Gasteiger partial charge in [0.15, 0.2) is 0 Å². The topological polar surface area (TPSA) is 59.0 Å². The second kappa shape index (κ2) is 5.44. The molecule has 0 amide bonds. The quantitative estimate of drug-likeness (QED) is 0.859. The first-order chi connectivity index (χ1) is 8.69. The average Bonchev–Trinajstić information content (AvgIpc) is 2.38. The molecule has 0 fully saturated rings. The van der Waals surface area contributed by atoms with E-state index >= 15 is 0 Å². The minimum atomic E-state index is 0.398. The van der Waals surface area contributed by atoms with Crippen LogP contribution in [-0.4, -0.2) is 0 Å². The lowest BCUT2D eigenvalue weighted by Gasteiger charge is -2.07. The molecular formula is C14H11ClN2O. The molecule has 3 nitrogen and oxygen atoms in total. The number of halogens is 1. The first kappa shape index (κ1) is 12.3.